The van der Waals surface area contributed by atoms with Crippen molar-refractivity contribution in [1.82, 2.24) is 15.0 Å². The highest BCUT2D eigenvalue weighted by Crippen LogP contribution is 2.43. The maximum absolute atomic E-state index is 5.48. The lowest BCUT2D eigenvalue weighted by molar-refractivity contribution is 1.18. The fourth-order valence-electron chi connectivity index (χ4n) is 8.98. The molecule has 3 nitrogen and oxygen atoms in total. The third kappa shape index (κ3) is 6.74. The molecule has 0 aliphatic rings. The van der Waals surface area contributed by atoms with E-state index in [1.54, 1.807) is 0 Å². The summed E-state index contributed by atoms with van der Waals surface area (Å²) in [7, 11) is 0. The first-order valence-electron chi connectivity index (χ1n) is 21.2. The zero-order valence-corrected chi connectivity index (χ0v) is 34.9. The van der Waals surface area contributed by atoms with Gasteiger partial charge in [0, 0.05) is 47.8 Å². The second-order valence-electron chi connectivity index (χ2n) is 16.0. The Morgan fingerprint density at radius 1 is 0.302 bits per heavy atom. The standard InChI is InChI=1S/C59H37N3S/c1-4-15-38(16-5-1)39-27-29-42(30-28-39)54-37-55(62-59(61-54)43-20-8-3-9-21-43)46-34-44(48-24-14-25-50-49-23-12-13-26-56(49)63-58(48)50)33-45(35-46)53-36-51(40-17-6-2-7-18-40)57-47-22-11-10-19-41(47)31-32-52(57)60-53/h1-37H. The van der Waals surface area contributed by atoms with Gasteiger partial charge in [0.15, 0.2) is 5.82 Å². The van der Waals surface area contributed by atoms with Crippen LogP contribution in [-0.2, 0) is 0 Å². The second kappa shape index (κ2) is 15.4. The third-order valence-electron chi connectivity index (χ3n) is 12.1. The van der Waals surface area contributed by atoms with E-state index < -0.39 is 0 Å². The van der Waals surface area contributed by atoms with Crippen molar-refractivity contribution >= 4 is 53.2 Å². The van der Waals surface area contributed by atoms with Gasteiger partial charge in [-0.05, 0) is 86.6 Å². The molecule has 0 atom stereocenters. The monoisotopic (exact) mass is 819 g/mol. The van der Waals surface area contributed by atoms with Crippen LogP contribution in [0.5, 0.6) is 0 Å². The summed E-state index contributed by atoms with van der Waals surface area (Å²) in [6.07, 6.45) is 0. The minimum Gasteiger partial charge on any atom is -0.248 e. The van der Waals surface area contributed by atoms with E-state index in [0.29, 0.717) is 5.82 Å². The molecule has 63 heavy (non-hydrogen) atoms. The normalized spacial score (nSPS) is 11.5. The predicted molar refractivity (Wildman–Crippen MR) is 266 cm³/mol. The summed E-state index contributed by atoms with van der Waals surface area (Å²) in [5, 5.41) is 6.08. The van der Waals surface area contributed by atoms with Crippen molar-refractivity contribution in [2.45, 2.75) is 0 Å². The number of fused-ring (bicyclic) bond motifs is 6. The summed E-state index contributed by atoms with van der Waals surface area (Å²) in [4.78, 5) is 16.0. The van der Waals surface area contributed by atoms with Crippen molar-refractivity contribution in [2.24, 2.45) is 0 Å². The minimum absolute atomic E-state index is 0.677. The van der Waals surface area contributed by atoms with Crippen molar-refractivity contribution < 1.29 is 0 Å². The molecule has 4 heteroatoms. The quantitative estimate of drug-likeness (QED) is 0.150. The van der Waals surface area contributed by atoms with Crippen LogP contribution >= 0.6 is 11.3 Å². The fraction of sp³-hybridized carbons (Fsp3) is 0. The maximum atomic E-state index is 5.48. The van der Waals surface area contributed by atoms with Crippen LogP contribution in [0.1, 0.15) is 0 Å². The van der Waals surface area contributed by atoms with Crippen molar-refractivity contribution in [3.05, 3.63) is 224 Å². The minimum atomic E-state index is 0.677. The van der Waals surface area contributed by atoms with E-state index in [1.165, 1.54) is 42.1 Å². The highest BCUT2D eigenvalue weighted by Gasteiger charge is 2.19. The molecule has 9 aromatic carbocycles. The van der Waals surface area contributed by atoms with Gasteiger partial charge < -0.3 is 0 Å². The zero-order chi connectivity index (χ0) is 41.7. The molecule has 0 radical (unpaired) electrons. The van der Waals surface area contributed by atoms with Gasteiger partial charge in [0.25, 0.3) is 0 Å². The molecule has 0 amide bonds. The Morgan fingerprint density at radius 3 is 1.60 bits per heavy atom. The summed E-state index contributed by atoms with van der Waals surface area (Å²) in [6.45, 7) is 0. The first-order valence-corrected chi connectivity index (χ1v) is 22.1. The van der Waals surface area contributed by atoms with Crippen molar-refractivity contribution in [3.8, 4) is 78.5 Å². The average molecular weight is 820 g/mol. The summed E-state index contributed by atoms with van der Waals surface area (Å²) >= 11 is 1.85. The van der Waals surface area contributed by atoms with Crippen LogP contribution in [0, 0.1) is 0 Å². The van der Waals surface area contributed by atoms with Crippen LogP contribution in [0.2, 0.25) is 0 Å². The smallest absolute Gasteiger partial charge is 0.160 e. The molecule has 12 rings (SSSR count). The molecule has 0 spiro atoms. The number of benzene rings is 9. The summed E-state index contributed by atoms with van der Waals surface area (Å²) in [6, 6.07) is 79.8. The van der Waals surface area contributed by atoms with E-state index in [4.69, 9.17) is 15.0 Å². The molecule has 0 aliphatic heterocycles. The summed E-state index contributed by atoms with van der Waals surface area (Å²) in [5.74, 6) is 0.677. The zero-order valence-electron chi connectivity index (χ0n) is 34.1. The van der Waals surface area contributed by atoms with E-state index in [1.807, 2.05) is 29.5 Å². The molecule has 0 N–H and O–H groups in total. The number of rotatable bonds is 7. The third-order valence-corrected chi connectivity index (χ3v) is 13.3. The lowest BCUT2D eigenvalue weighted by atomic mass is 9.92. The molecule has 0 saturated carbocycles. The van der Waals surface area contributed by atoms with Crippen LogP contribution in [0.25, 0.3) is 120 Å². The molecule has 0 saturated heterocycles. The molecule has 12 aromatic rings. The van der Waals surface area contributed by atoms with E-state index in [0.717, 1.165) is 72.5 Å². The molecule has 0 unspecified atom stereocenters. The summed E-state index contributed by atoms with van der Waals surface area (Å²) < 4.78 is 2.54. The maximum Gasteiger partial charge on any atom is 0.160 e. The largest absolute Gasteiger partial charge is 0.248 e. The number of hydrogen-bond acceptors (Lipinski definition) is 4. The van der Waals surface area contributed by atoms with Gasteiger partial charge in [-0.25, -0.2) is 15.0 Å². The molecule has 0 bridgehead atoms. The van der Waals surface area contributed by atoms with Gasteiger partial charge in [0.2, 0.25) is 0 Å². The Balaban J connectivity index is 1.11. The highest BCUT2D eigenvalue weighted by atomic mass is 32.1. The Labute approximate surface area is 369 Å². The van der Waals surface area contributed by atoms with Crippen LogP contribution in [0.4, 0.5) is 0 Å². The molecular weight excluding hydrogens is 783 g/mol. The number of hydrogen-bond donors (Lipinski definition) is 0. The van der Waals surface area contributed by atoms with Crippen LogP contribution in [0.15, 0.2) is 224 Å². The van der Waals surface area contributed by atoms with Crippen molar-refractivity contribution in [3.63, 3.8) is 0 Å². The predicted octanol–water partition coefficient (Wildman–Crippen LogP) is 16.2. The second-order valence-corrected chi connectivity index (χ2v) is 17.0. The average Bonchev–Trinajstić information content (AvgIpc) is 3.75. The highest BCUT2D eigenvalue weighted by molar-refractivity contribution is 7.26. The van der Waals surface area contributed by atoms with E-state index in [9.17, 15) is 0 Å². The first-order chi connectivity index (χ1) is 31.2. The summed E-state index contributed by atoms with van der Waals surface area (Å²) in [5.41, 5.74) is 14.5. The lowest BCUT2D eigenvalue weighted by Gasteiger charge is -2.16. The van der Waals surface area contributed by atoms with E-state index in [-0.39, 0.29) is 0 Å². The van der Waals surface area contributed by atoms with E-state index >= 15 is 0 Å². The van der Waals surface area contributed by atoms with Gasteiger partial charge in [0.05, 0.1) is 22.6 Å². The number of nitrogens with zero attached hydrogens (tertiary/aromatic N) is 3. The SMILES string of the molecule is c1ccc(-c2ccc(-c3cc(-c4cc(-c5cc(-c6ccccc6)c6c(ccc7ccccc76)n5)cc(-c5cccc6c5sc5ccccc56)c4)nc(-c4ccccc4)n3)cc2)cc1. The topological polar surface area (TPSA) is 38.7 Å². The van der Waals surface area contributed by atoms with E-state index in [2.05, 4.69) is 206 Å². The van der Waals surface area contributed by atoms with Gasteiger partial charge in [-0.2, -0.15) is 0 Å². The molecule has 294 valence electrons. The van der Waals surface area contributed by atoms with Crippen LogP contribution < -0.4 is 0 Å². The van der Waals surface area contributed by atoms with Gasteiger partial charge in [0.1, 0.15) is 0 Å². The lowest BCUT2D eigenvalue weighted by Crippen LogP contribution is -1.97. The van der Waals surface area contributed by atoms with Crippen LogP contribution in [0.3, 0.4) is 0 Å². The Bertz CT molecular complexity index is 3650. The first kappa shape index (κ1) is 36.8. The van der Waals surface area contributed by atoms with Gasteiger partial charge in [-0.3, -0.25) is 0 Å². The Hall–Kier alpha value is -8.05. The van der Waals surface area contributed by atoms with Gasteiger partial charge in [-0.15, -0.1) is 11.3 Å². The van der Waals surface area contributed by atoms with Gasteiger partial charge in [-0.1, -0.05) is 182 Å². The number of pyridine rings is 1. The Kier molecular flexibility index (Phi) is 9.02. The molecular formula is C59H37N3S. The van der Waals surface area contributed by atoms with Crippen molar-refractivity contribution in [2.75, 3.05) is 0 Å². The van der Waals surface area contributed by atoms with Crippen molar-refractivity contribution in [1.29, 1.82) is 0 Å². The molecule has 3 aromatic heterocycles. The molecule has 0 fully saturated rings. The Morgan fingerprint density at radius 2 is 0.857 bits per heavy atom. The fourth-order valence-corrected chi connectivity index (χ4v) is 10.2. The van der Waals surface area contributed by atoms with Crippen LogP contribution in [-0.4, -0.2) is 15.0 Å². The van der Waals surface area contributed by atoms with Gasteiger partial charge >= 0.3 is 0 Å². The number of aromatic nitrogens is 3. The molecule has 0 aliphatic carbocycles. The molecule has 3 heterocycles. The number of thiophene rings is 1.